The van der Waals surface area contributed by atoms with Gasteiger partial charge in [-0.15, -0.1) is 12.4 Å². The number of hydrogen-bond donors (Lipinski definition) is 2. The van der Waals surface area contributed by atoms with E-state index in [2.05, 4.69) is 5.32 Å². The molecule has 140 valence electrons. The minimum atomic E-state index is -0.278. The van der Waals surface area contributed by atoms with Gasteiger partial charge in [0.05, 0.1) is 7.11 Å². The molecule has 0 aliphatic rings. The fourth-order valence-electron chi connectivity index (χ4n) is 2.58. The summed E-state index contributed by atoms with van der Waals surface area (Å²) in [4.78, 5) is 23.9. The van der Waals surface area contributed by atoms with Gasteiger partial charge in [-0.1, -0.05) is 42.5 Å². The summed E-state index contributed by atoms with van der Waals surface area (Å²) in [5, 5.41) is 3.02. The molecule has 0 aliphatic heterocycles. The van der Waals surface area contributed by atoms with Crippen LogP contribution in [0.2, 0.25) is 0 Å². The van der Waals surface area contributed by atoms with E-state index in [1.807, 2.05) is 42.5 Å². The summed E-state index contributed by atoms with van der Waals surface area (Å²) < 4.78 is 4.70. The molecule has 2 aromatic carbocycles. The Bertz CT molecular complexity index is 690. The lowest BCUT2D eigenvalue weighted by Gasteiger charge is -2.19. The molecule has 2 rings (SSSR count). The Morgan fingerprint density at radius 1 is 1.04 bits per heavy atom. The van der Waals surface area contributed by atoms with Crippen molar-refractivity contribution in [1.82, 2.24) is 5.32 Å². The van der Waals surface area contributed by atoms with Crippen LogP contribution in [-0.2, 0) is 22.5 Å². The Morgan fingerprint density at radius 3 is 2.27 bits per heavy atom. The number of halogens is 1. The van der Waals surface area contributed by atoms with Gasteiger partial charge in [-0.05, 0) is 36.1 Å². The number of carbonyl (C=O) groups excluding carboxylic acids is 2. The largest absolute Gasteiger partial charge is 0.469 e. The van der Waals surface area contributed by atoms with E-state index in [9.17, 15) is 9.59 Å². The highest BCUT2D eigenvalue weighted by molar-refractivity contribution is 5.94. The second-order valence-electron chi connectivity index (χ2n) is 5.88. The lowest BCUT2D eigenvalue weighted by molar-refractivity contribution is -0.140. The van der Waals surface area contributed by atoms with Gasteiger partial charge in [0, 0.05) is 24.6 Å². The average Bonchev–Trinajstić information content (AvgIpc) is 2.66. The summed E-state index contributed by atoms with van der Waals surface area (Å²) in [6.07, 6.45) is 1.44. The van der Waals surface area contributed by atoms with Crippen LogP contribution < -0.4 is 11.1 Å². The number of amides is 1. The van der Waals surface area contributed by atoms with Crippen molar-refractivity contribution in [2.45, 2.75) is 31.8 Å². The van der Waals surface area contributed by atoms with Crippen molar-refractivity contribution in [3.8, 4) is 0 Å². The molecule has 0 saturated carbocycles. The zero-order valence-corrected chi connectivity index (χ0v) is 15.6. The van der Waals surface area contributed by atoms with E-state index in [4.69, 9.17) is 10.5 Å². The molecule has 1 amide bonds. The van der Waals surface area contributed by atoms with Gasteiger partial charge in [0.2, 0.25) is 0 Å². The first-order valence-corrected chi connectivity index (χ1v) is 8.33. The first-order valence-electron chi connectivity index (χ1n) is 8.33. The minimum Gasteiger partial charge on any atom is -0.469 e. The first kappa shape index (κ1) is 21.7. The van der Waals surface area contributed by atoms with Crippen LogP contribution in [0.3, 0.4) is 0 Å². The molecule has 0 heterocycles. The quantitative estimate of drug-likeness (QED) is 0.694. The van der Waals surface area contributed by atoms with E-state index in [0.29, 0.717) is 24.9 Å². The van der Waals surface area contributed by atoms with Crippen molar-refractivity contribution in [3.63, 3.8) is 0 Å². The van der Waals surface area contributed by atoms with Crippen LogP contribution in [0.25, 0.3) is 0 Å². The monoisotopic (exact) mass is 376 g/mol. The standard InChI is InChI=1S/C20H24N2O3.ClH/c1-25-19(23)12-11-18(13-15-5-3-2-4-6-15)22-20(24)17-9-7-16(14-21)8-10-17;/h2-10,18H,11-14,21H2,1H3,(H,22,24);1H. The van der Waals surface area contributed by atoms with Crippen LogP contribution in [-0.4, -0.2) is 25.0 Å². The third-order valence-electron chi connectivity index (χ3n) is 4.04. The summed E-state index contributed by atoms with van der Waals surface area (Å²) >= 11 is 0. The van der Waals surface area contributed by atoms with E-state index >= 15 is 0 Å². The molecule has 0 aliphatic carbocycles. The van der Waals surface area contributed by atoms with Crippen LogP contribution in [0.4, 0.5) is 0 Å². The molecule has 1 atom stereocenters. The molecule has 5 nitrogen and oxygen atoms in total. The average molecular weight is 377 g/mol. The molecule has 0 spiro atoms. The van der Waals surface area contributed by atoms with E-state index in [1.54, 1.807) is 12.1 Å². The van der Waals surface area contributed by atoms with E-state index in [-0.39, 0.29) is 36.7 Å². The highest BCUT2D eigenvalue weighted by Gasteiger charge is 2.16. The number of nitrogens with two attached hydrogens (primary N) is 1. The fourth-order valence-corrected chi connectivity index (χ4v) is 2.58. The molecule has 0 aromatic heterocycles. The van der Waals surface area contributed by atoms with Crippen molar-refractivity contribution < 1.29 is 14.3 Å². The summed E-state index contributed by atoms with van der Waals surface area (Å²) in [6.45, 7) is 0.442. The molecule has 2 aromatic rings. The highest BCUT2D eigenvalue weighted by Crippen LogP contribution is 2.10. The van der Waals surface area contributed by atoms with Crippen molar-refractivity contribution in [1.29, 1.82) is 0 Å². The van der Waals surface area contributed by atoms with E-state index in [0.717, 1.165) is 11.1 Å². The van der Waals surface area contributed by atoms with Crippen LogP contribution in [0.1, 0.15) is 34.3 Å². The Hall–Kier alpha value is -2.37. The van der Waals surface area contributed by atoms with E-state index < -0.39 is 0 Å². The van der Waals surface area contributed by atoms with Gasteiger partial charge in [0.15, 0.2) is 0 Å². The van der Waals surface area contributed by atoms with Gasteiger partial charge in [-0.3, -0.25) is 9.59 Å². The van der Waals surface area contributed by atoms with Crippen LogP contribution >= 0.6 is 12.4 Å². The topological polar surface area (TPSA) is 81.4 Å². The minimum absolute atomic E-state index is 0. The summed E-state index contributed by atoms with van der Waals surface area (Å²) in [7, 11) is 1.37. The molecule has 0 bridgehead atoms. The zero-order valence-electron chi connectivity index (χ0n) is 14.8. The van der Waals surface area contributed by atoms with Gasteiger partial charge < -0.3 is 15.8 Å². The Morgan fingerprint density at radius 2 is 1.69 bits per heavy atom. The molecule has 26 heavy (non-hydrogen) atoms. The third kappa shape index (κ3) is 6.86. The molecule has 0 radical (unpaired) electrons. The van der Waals surface area contributed by atoms with Gasteiger partial charge >= 0.3 is 5.97 Å². The normalized spacial score (nSPS) is 11.2. The van der Waals surface area contributed by atoms with Crippen LogP contribution in [0, 0.1) is 0 Å². The number of nitrogens with one attached hydrogen (secondary N) is 1. The first-order chi connectivity index (χ1) is 12.1. The maximum Gasteiger partial charge on any atom is 0.305 e. The van der Waals surface area contributed by atoms with Crippen LogP contribution in [0.5, 0.6) is 0 Å². The third-order valence-corrected chi connectivity index (χ3v) is 4.04. The molecule has 0 fully saturated rings. The fraction of sp³-hybridized carbons (Fsp3) is 0.300. The predicted molar refractivity (Wildman–Crippen MR) is 104 cm³/mol. The second kappa shape index (κ2) is 11.3. The molecule has 3 N–H and O–H groups in total. The molecular weight excluding hydrogens is 352 g/mol. The highest BCUT2D eigenvalue weighted by atomic mass is 35.5. The van der Waals surface area contributed by atoms with Crippen molar-refractivity contribution in [3.05, 3.63) is 71.3 Å². The van der Waals surface area contributed by atoms with Gasteiger partial charge in [-0.2, -0.15) is 0 Å². The molecular formula is C20H25ClN2O3. The molecule has 6 heteroatoms. The van der Waals surface area contributed by atoms with Crippen LogP contribution in [0.15, 0.2) is 54.6 Å². The van der Waals surface area contributed by atoms with Crippen molar-refractivity contribution in [2.24, 2.45) is 5.73 Å². The van der Waals surface area contributed by atoms with Gasteiger partial charge in [0.1, 0.15) is 0 Å². The van der Waals surface area contributed by atoms with Crippen molar-refractivity contribution in [2.75, 3.05) is 7.11 Å². The number of methoxy groups -OCH3 is 1. The number of benzene rings is 2. The Labute approximate surface area is 160 Å². The number of hydrogen-bond acceptors (Lipinski definition) is 4. The maximum atomic E-state index is 12.5. The number of esters is 1. The summed E-state index contributed by atoms with van der Waals surface area (Å²) in [5.74, 6) is -0.436. The summed E-state index contributed by atoms with van der Waals surface area (Å²) in [6, 6.07) is 16.9. The maximum absolute atomic E-state index is 12.5. The second-order valence-corrected chi connectivity index (χ2v) is 5.88. The molecule has 0 saturated heterocycles. The van der Waals surface area contributed by atoms with Crippen molar-refractivity contribution >= 4 is 24.3 Å². The Kier molecular flexibility index (Phi) is 9.41. The number of rotatable bonds is 8. The number of carbonyl (C=O) groups is 2. The van der Waals surface area contributed by atoms with Gasteiger partial charge in [-0.25, -0.2) is 0 Å². The smallest absolute Gasteiger partial charge is 0.305 e. The SMILES string of the molecule is COC(=O)CCC(Cc1ccccc1)NC(=O)c1ccc(CN)cc1.Cl. The summed E-state index contributed by atoms with van der Waals surface area (Å²) in [5.41, 5.74) is 8.24. The predicted octanol–water partition coefficient (Wildman–Crippen LogP) is 2.86. The van der Waals surface area contributed by atoms with Gasteiger partial charge in [0.25, 0.3) is 5.91 Å². The lowest BCUT2D eigenvalue weighted by atomic mass is 10.0. The lowest BCUT2D eigenvalue weighted by Crippen LogP contribution is -2.37. The molecule has 1 unspecified atom stereocenters. The zero-order chi connectivity index (χ0) is 18.1. The Balaban J connectivity index is 0.00000338. The van der Waals surface area contributed by atoms with E-state index in [1.165, 1.54) is 7.11 Å². The number of ether oxygens (including phenoxy) is 1.